The highest BCUT2D eigenvalue weighted by molar-refractivity contribution is 7.89. The Morgan fingerprint density at radius 2 is 1.84 bits per heavy atom. The quantitative estimate of drug-likeness (QED) is 0.614. The zero-order valence-corrected chi connectivity index (χ0v) is 13.5. The van der Waals surface area contributed by atoms with Crippen LogP contribution in [0.15, 0.2) is 47.5 Å². The lowest BCUT2D eigenvalue weighted by Crippen LogP contribution is -2.31. The van der Waals surface area contributed by atoms with E-state index >= 15 is 0 Å². The fourth-order valence-electron chi connectivity index (χ4n) is 1.79. The number of rotatable bonds is 5. The Balaban J connectivity index is 2.19. The number of sulfonamides is 1. The predicted molar refractivity (Wildman–Crippen MR) is 81.0 cm³/mol. The van der Waals surface area contributed by atoms with E-state index in [1.54, 1.807) is 0 Å². The molecule has 0 fully saturated rings. The van der Waals surface area contributed by atoms with E-state index in [9.17, 15) is 26.4 Å². The lowest BCUT2D eigenvalue weighted by Gasteiger charge is -2.12. The molecule has 0 unspecified atom stereocenters. The Hall–Kier alpha value is -2.66. The second kappa shape index (κ2) is 7.07. The summed E-state index contributed by atoms with van der Waals surface area (Å²) in [5, 5.41) is 0. The second-order valence-electron chi connectivity index (χ2n) is 4.65. The number of hydrazine groups is 1. The van der Waals surface area contributed by atoms with Crippen LogP contribution < -0.4 is 10.3 Å². The number of benzene rings is 1. The summed E-state index contributed by atoms with van der Waals surface area (Å²) < 4.78 is 66.4. The molecular formula is C14H12F3N3O4S. The highest BCUT2D eigenvalue weighted by Gasteiger charge is 2.30. The highest BCUT2D eigenvalue weighted by atomic mass is 32.2. The average molecular weight is 375 g/mol. The van der Waals surface area contributed by atoms with Gasteiger partial charge in [-0.3, -0.25) is 5.43 Å². The Morgan fingerprint density at radius 3 is 2.40 bits per heavy atom. The van der Waals surface area contributed by atoms with Crippen molar-refractivity contribution in [3.63, 3.8) is 0 Å². The van der Waals surface area contributed by atoms with Crippen LogP contribution in [0.4, 0.5) is 19.0 Å². The van der Waals surface area contributed by atoms with E-state index < -0.39 is 27.7 Å². The lowest BCUT2D eigenvalue weighted by atomic mass is 10.2. The third-order valence-electron chi connectivity index (χ3n) is 2.99. The van der Waals surface area contributed by atoms with Crippen molar-refractivity contribution in [1.82, 2.24) is 9.82 Å². The van der Waals surface area contributed by atoms with Gasteiger partial charge in [0, 0.05) is 6.20 Å². The summed E-state index contributed by atoms with van der Waals surface area (Å²) in [7, 11) is -3.11. The molecule has 0 aliphatic carbocycles. The summed E-state index contributed by atoms with van der Waals surface area (Å²) in [6.07, 6.45) is -4.00. The lowest BCUT2D eigenvalue weighted by molar-refractivity contribution is -0.137. The van der Waals surface area contributed by atoms with Gasteiger partial charge in [-0.25, -0.2) is 18.2 Å². The minimum absolute atomic E-state index is 0.160. The number of nitrogens with one attached hydrogen (secondary N) is 2. The minimum Gasteiger partial charge on any atom is -0.465 e. The number of anilines is 1. The van der Waals surface area contributed by atoms with Gasteiger partial charge >= 0.3 is 12.1 Å². The molecule has 0 bridgehead atoms. The summed E-state index contributed by atoms with van der Waals surface area (Å²) >= 11 is 0. The van der Waals surface area contributed by atoms with Crippen LogP contribution >= 0.6 is 0 Å². The van der Waals surface area contributed by atoms with E-state index in [0.29, 0.717) is 6.20 Å². The van der Waals surface area contributed by atoms with Crippen LogP contribution in [-0.4, -0.2) is 26.5 Å². The fraction of sp³-hybridized carbons (Fsp3) is 0.143. The van der Waals surface area contributed by atoms with Gasteiger partial charge in [0.05, 0.1) is 23.1 Å². The molecule has 0 saturated heterocycles. The maximum Gasteiger partial charge on any atom is 0.417 e. The molecule has 1 heterocycles. The molecule has 0 atom stereocenters. The van der Waals surface area contributed by atoms with E-state index in [1.165, 1.54) is 24.3 Å². The van der Waals surface area contributed by atoms with E-state index in [-0.39, 0.29) is 16.3 Å². The first-order valence-corrected chi connectivity index (χ1v) is 8.12. The van der Waals surface area contributed by atoms with Gasteiger partial charge < -0.3 is 4.74 Å². The second-order valence-corrected chi connectivity index (χ2v) is 6.30. The van der Waals surface area contributed by atoms with Crippen molar-refractivity contribution in [2.75, 3.05) is 12.5 Å². The van der Waals surface area contributed by atoms with Crippen LogP contribution in [-0.2, 0) is 20.9 Å². The average Bonchev–Trinajstić information content (AvgIpc) is 2.59. The number of pyridine rings is 1. The van der Waals surface area contributed by atoms with Crippen LogP contribution in [0.25, 0.3) is 0 Å². The third-order valence-corrected chi connectivity index (χ3v) is 4.29. The molecule has 0 aliphatic rings. The van der Waals surface area contributed by atoms with Gasteiger partial charge in [0.2, 0.25) is 0 Å². The molecule has 25 heavy (non-hydrogen) atoms. The number of hydrogen-bond donors (Lipinski definition) is 2. The van der Waals surface area contributed by atoms with Gasteiger partial charge in [0.25, 0.3) is 10.0 Å². The van der Waals surface area contributed by atoms with Gasteiger partial charge in [-0.05, 0) is 24.3 Å². The first kappa shape index (κ1) is 18.7. The Labute approximate surface area is 140 Å². The first-order chi connectivity index (χ1) is 11.6. The molecule has 0 spiro atoms. The molecule has 2 aromatic rings. The number of aromatic nitrogens is 1. The molecule has 1 aromatic carbocycles. The van der Waals surface area contributed by atoms with E-state index in [0.717, 1.165) is 19.2 Å². The van der Waals surface area contributed by atoms with Crippen molar-refractivity contribution in [1.29, 1.82) is 0 Å². The molecule has 11 heteroatoms. The van der Waals surface area contributed by atoms with Crippen LogP contribution in [0.1, 0.15) is 15.9 Å². The SMILES string of the molecule is COC(=O)c1ccccc1S(=O)(=O)NNc1ccc(C(F)(F)F)cn1. The zero-order chi connectivity index (χ0) is 18.7. The molecule has 7 nitrogen and oxygen atoms in total. The normalized spacial score (nSPS) is 11.8. The molecule has 0 amide bonds. The zero-order valence-electron chi connectivity index (χ0n) is 12.7. The highest BCUT2D eigenvalue weighted by Crippen LogP contribution is 2.28. The van der Waals surface area contributed by atoms with Gasteiger partial charge in [-0.2, -0.15) is 13.2 Å². The summed E-state index contributed by atoms with van der Waals surface area (Å²) in [6, 6.07) is 6.99. The number of halogens is 3. The number of carbonyl (C=O) groups is 1. The van der Waals surface area contributed by atoms with Gasteiger partial charge in [-0.15, -0.1) is 4.83 Å². The largest absolute Gasteiger partial charge is 0.465 e. The van der Waals surface area contributed by atoms with Gasteiger partial charge in [0.15, 0.2) is 0 Å². The van der Waals surface area contributed by atoms with Crippen LogP contribution in [0.2, 0.25) is 0 Å². The number of nitrogens with zero attached hydrogens (tertiary/aromatic N) is 1. The number of ether oxygens (including phenoxy) is 1. The smallest absolute Gasteiger partial charge is 0.417 e. The Morgan fingerprint density at radius 1 is 1.16 bits per heavy atom. The van der Waals surface area contributed by atoms with Crippen molar-refractivity contribution in [3.05, 3.63) is 53.7 Å². The molecule has 134 valence electrons. The monoisotopic (exact) mass is 375 g/mol. The number of esters is 1. The Kier molecular flexibility index (Phi) is 5.28. The minimum atomic E-state index is -4.55. The maximum atomic E-state index is 12.5. The first-order valence-electron chi connectivity index (χ1n) is 6.63. The van der Waals surface area contributed by atoms with Crippen molar-refractivity contribution in [2.45, 2.75) is 11.1 Å². The molecule has 1 aromatic heterocycles. The summed E-state index contributed by atoms with van der Waals surface area (Å²) in [5.74, 6) is -1.01. The topological polar surface area (TPSA) is 97.4 Å². The van der Waals surface area contributed by atoms with Crippen molar-refractivity contribution < 1.29 is 31.1 Å². The number of alkyl halides is 3. The number of hydrogen-bond acceptors (Lipinski definition) is 6. The predicted octanol–water partition coefficient (Wildman–Crippen LogP) is 2.19. The summed E-state index contributed by atoms with van der Waals surface area (Å²) in [6.45, 7) is 0. The van der Waals surface area contributed by atoms with E-state index in [2.05, 4.69) is 15.1 Å². The Bertz CT molecular complexity index is 868. The third kappa shape index (κ3) is 4.45. The van der Waals surface area contributed by atoms with Crippen LogP contribution in [0.3, 0.4) is 0 Å². The number of carbonyl (C=O) groups excluding carboxylic acids is 1. The van der Waals surface area contributed by atoms with E-state index in [1.807, 2.05) is 4.83 Å². The van der Waals surface area contributed by atoms with Gasteiger partial charge in [0.1, 0.15) is 5.82 Å². The summed E-state index contributed by atoms with van der Waals surface area (Å²) in [5.41, 5.74) is 1.01. The fourth-order valence-corrected chi connectivity index (χ4v) is 2.84. The number of methoxy groups -OCH3 is 1. The van der Waals surface area contributed by atoms with Crippen LogP contribution in [0.5, 0.6) is 0 Å². The van der Waals surface area contributed by atoms with Crippen molar-refractivity contribution >= 4 is 21.8 Å². The molecule has 0 radical (unpaired) electrons. The van der Waals surface area contributed by atoms with Crippen LogP contribution in [0, 0.1) is 0 Å². The molecule has 0 saturated carbocycles. The standard InChI is InChI=1S/C14H12F3N3O4S/c1-24-13(21)10-4-2-3-5-11(10)25(22,23)20-19-12-7-6-9(8-18-12)14(15,16)17/h2-8,20H,1H3,(H,18,19). The summed E-state index contributed by atoms with van der Waals surface area (Å²) in [4.78, 5) is 16.7. The maximum absolute atomic E-state index is 12.5. The molecule has 0 aliphatic heterocycles. The molecule has 2 rings (SSSR count). The molecular weight excluding hydrogens is 363 g/mol. The van der Waals surface area contributed by atoms with Crippen molar-refractivity contribution in [2.24, 2.45) is 0 Å². The van der Waals surface area contributed by atoms with E-state index in [4.69, 9.17) is 0 Å². The molecule has 2 N–H and O–H groups in total. The van der Waals surface area contributed by atoms with Crippen molar-refractivity contribution in [3.8, 4) is 0 Å². The van der Waals surface area contributed by atoms with Gasteiger partial charge in [-0.1, -0.05) is 12.1 Å².